The molecular weight excluding hydrogens is 278 g/mol. The van der Waals surface area contributed by atoms with Gasteiger partial charge in [-0.05, 0) is 51.5 Å². The summed E-state index contributed by atoms with van der Waals surface area (Å²) in [6.45, 7) is 8.73. The van der Waals surface area contributed by atoms with Gasteiger partial charge in [0.2, 0.25) is 0 Å². The van der Waals surface area contributed by atoms with E-state index >= 15 is 0 Å². The molecule has 21 heavy (non-hydrogen) atoms. The fourth-order valence-electron chi connectivity index (χ4n) is 2.80. The van der Waals surface area contributed by atoms with Crippen molar-refractivity contribution in [1.82, 2.24) is 15.3 Å². The largest absolute Gasteiger partial charge is 0.341 e. The first-order valence-corrected chi connectivity index (χ1v) is 8.14. The van der Waals surface area contributed by atoms with Crippen LogP contribution >= 0.6 is 11.3 Å². The second-order valence-corrected chi connectivity index (χ2v) is 7.08. The van der Waals surface area contributed by atoms with Crippen molar-refractivity contribution in [2.24, 2.45) is 0 Å². The van der Waals surface area contributed by atoms with Crippen molar-refractivity contribution in [1.29, 1.82) is 0 Å². The molecule has 2 heterocycles. The Bertz CT molecular complexity index is 723. The van der Waals surface area contributed by atoms with Gasteiger partial charge in [-0.1, -0.05) is 12.1 Å². The Hall–Kier alpha value is -1.65. The summed E-state index contributed by atoms with van der Waals surface area (Å²) in [4.78, 5) is 10.8. The van der Waals surface area contributed by atoms with Crippen LogP contribution in [-0.4, -0.2) is 9.97 Å². The Kier molecular flexibility index (Phi) is 3.83. The topological polar surface area (TPSA) is 40.7 Å². The van der Waals surface area contributed by atoms with Crippen LogP contribution in [0.15, 0.2) is 30.3 Å². The number of aryl methyl sites for hydroxylation is 2. The quantitative estimate of drug-likeness (QED) is 0.736. The SMILES string of the molecule is Cc1cc(C(C)NC(C)c2nc3ccccc3[nH]2)c(C)s1. The third kappa shape index (κ3) is 2.87. The molecule has 2 aromatic heterocycles. The number of rotatable bonds is 4. The first kappa shape index (κ1) is 14.3. The van der Waals surface area contributed by atoms with Crippen molar-refractivity contribution >= 4 is 22.4 Å². The number of thiophene rings is 1. The molecule has 1 aromatic carbocycles. The van der Waals surface area contributed by atoms with Crippen molar-refractivity contribution < 1.29 is 0 Å². The molecule has 0 bridgehead atoms. The molecule has 0 aliphatic carbocycles. The predicted octanol–water partition coefficient (Wildman–Crippen LogP) is 4.65. The van der Waals surface area contributed by atoms with E-state index in [4.69, 9.17) is 0 Å². The van der Waals surface area contributed by atoms with Crippen LogP contribution in [0.1, 0.15) is 47.1 Å². The highest BCUT2D eigenvalue weighted by atomic mass is 32.1. The van der Waals surface area contributed by atoms with Crippen LogP contribution in [0.5, 0.6) is 0 Å². The summed E-state index contributed by atoms with van der Waals surface area (Å²) >= 11 is 1.86. The first-order chi connectivity index (χ1) is 10.0. The van der Waals surface area contributed by atoms with Crippen LogP contribution < -0.4 is 5.32 Å². The zero-order valence-corrected chi connectivity index (χ0v) is 13.7. The Labute approximate surface area is 129 Å². The number of hydrogen-bond acceptors (Lipinski definition) is 3. The van der Waals surface area contributed by atoms with Crippen molar-refractivity contribution in [2.75, 3.05) is 0 Å². The number of H-pyrrole nitrogens is 1. The fraction of sp³-hybridized carbons (Fsp3) is 0.353. The third-order valence-electron chi connectivity index (χ3n) is 3.86. The predicted molar refractivity (Wildman–Crippen MR) is 89.9 cm³/mol. The van der Waals surface area contributed by atoms with Gasteiger partial charge in [0.1, 0.15) is 5.82 Å². The summed E-state index contributed by atoms with van der Waals surface area (Å²) in [5.41, 5.74) is 3.51. The van der Waals surface area contributed by atoms with Gasteiger partial charge in [-0.2, -0.15) is 0 Å². The van der Waals surface area contributed by atoms with E-state index in [9.17, 15) is 0 Å². The molecule has 2 N–H and O–H groups in total. The summed E-state index contributed by atoms with van der Waals surface area (Å²) in [6.07, 6.45) is 0. The Morgan fingerprint density at radius 3 is 2.57 bits per heavy atom. The van der Waals surface area contributed by atoms with E-state index in [1.54, 1.807) is 0 Å². The molecule has 0 spiro atoms. The standard InChI is InChI=1S/C17H21N3S/c1-10-9-14(13(4)21-10)11(2)18-12(3)17-19-15-7-5-6-8-16(15)20-17/h5-9,11-12,18H,1-4H3,(H,19,20). The lowest BCUT2D eigenvalue weighted by atomic mass is 10.1. The van der Waals surface area contributed by atoms with Crippen LogP contribution in [0.4, 0.5) is 0 Å². The lowest BCUT2D eigenvalue weighted by molar-refractivity contribution is 0.480. The van der Waals surface area contributed by atoms with Crippen molar-refractivity contribution in [3.8, 4) is 0 Å². The zero-order valence-electron chi connectivity index (χ0n) is 12.9. The first-order valence-electron chi connectivity index (χ1n) is 7.32. The molecule has 0 saturated carbocycles. The van der Waals surface area contributed by atoms with Gasteiger partial charge in [0, 0.05) is 15.8 Å². The Balaban J connectivity index is 1.79. The van der Waals surface area contributed by atoms with Gasteiger partial charge in [-0.25, -0.2) is 4.98 Å². The monoisotopic (exact) mass is 299 g/mol. The highest BCUT2D eigenvalue weighted by Gasteiger charge is 2.16. The zero-order chi connectivity index (χ0) is 15.0. The van der Waals surface area contributed by atoms with Crippen molar-refractivity contribution in [2.45, 2.75) is 39.8 Å². The maximum absolute atomic E-state index is 4.67. The maximum Gasteiger partial charge on any atom is 0.124 e. The lowest BCUT2D eigenvalue weighted by Gasteiger charge is -2.18. The van der Waals surface area contributed by atoms with Crippen molar-refractivity contribution in [3.63, 3.8) is 0 Å². The highest BCUT2D eigenvalue weighted by molar-refractivity contribution is 7.12. The van der Waals surface area contributed by atoms with Crippen LogP contribution in [0.25, 0.3) is 11.0 Å². The molecule has 0 amide bonds. The molecule has 2 atom stereocenters. The molecule has 3 rings (SSSR count). The second kappa shape index (κ2) is 5.62. The number of para-hydroxylation sites is 2. The van der Waals surface area contributed by atoms with Gasteiger partial charge in [-0.3, -0.25) is 0 Å². The maximum atomic E-state index is 4.67. The summed E-state index contributed by atoms with van der Waals surface area (Å²) in [5, 5.41) is 3.64. The van der Waals surface area contributed by atoms with E-state index in [0.717, 1.165) is 16.9 Å². The highest BCUT2D eigenvalue weighted by Crippen LogP contribution is 2.28. The van der Waals surface area contributed by atoms with Gasteiger partial charge >= 0.3 is 0 Å². The van der Waals surface area contributed by atoms with E-state index in [1.807, 2.05) is 29.5 Å². The molecule has 0 radical (unpaired) electrons. The van der Waals surface area contributed by atoms with Crippen LogP contribution in [0, 0.1) is 13.8 Å². The molecule has 0 aliphatic heterocycles. The minimum Gasteiger partial charge on any atom is -0.341 e. The smallest absolute Gasteiger partial charge is 0.124 e. The molecule has 2 unspecified atom stereocenters. The van der Waals surface area contributed by atoms with Crippen LogP contribution in [-0.2, 0) is 0 Å². The number of fused-ring (bicyclic) bond motifs is 1. The summed E-state index contributed by atoms with van der Waals surface area (Å²) in [7, 11) is 0. The Morgan fingerprint density at radius 2 is 1.90 bits per heavy atom. The van der Waals surface area contributed by atoms with E-state index in [-0.39, 0.29) is 6.04 Å². The average Bonchev–Trinajstić information content (AvgIpc) is 3.01. The molecule has 3 nitrogen and oxygen atoms in total. The number of nitrogens with one attached hydrogen (secondary N) is 2. The van der Waals surface area contributed by atoms with Crippen molar-refractivity contribution in [3.05, 3.63) is 51.5 Å². The molecule has 3 aromatic rings. The molecule has 0 saturated heterocycles. The summed E-state index contributed by atoms with van der Waals surface area (Å²) in [5.74, 6) is 0.993. The minimum absolute atomic E-state index is 0.187. The normalized spacial score (nSPS) is 14.5. The number of nitrogens with zero attached hydrogens (tertiary/aromatic N) is 1. The molecule has 0 aliphatic rings. The number of hydrogen-bond donors (Lipinski definition) is 2. The van der Waals surface area contributed by atoms with Gasteiger partial charge in [0.25, 0.3) is 0 Å². The van der Waals surface area contributed by atoms with Gasteiger partial charge < -0.3 is 10.3 Å². The van der Waals surface area contributed by atoms with E-state index in [1.165, 1.54) is 15.3 Å². The fourth-order valence-corrected chi connectivity index (χ4v) is 3.82. The second-order valence-electron chi connectivity index (χ2n) is 5.62. The van der Waals surface area contributed by atoms with Gasteiger partial charge in [-0.15, -0.1) is 11.3 Å². The van der Waals surface area contributed by atoms with E-state index < -0.39 is 0 Å². The minimum atomic E-state index is 0.187. The molecule has 0 fully saturated rings. The number of aromatic amines is 1. The summed E-state index contributed by atoms with van der Waals surface area (Å²) in [6, 6.07) is 10.9. The number of imidazole rings is 1. The van der Waals surface area contributed by atoms with Crippen LogP contribution in [0.3, 0.4) is 0 Å². The third-order valence-corrected chi connectivity index (χ3v) is 4.85. The number of aromatic nitrogens is 2. The van der Waals surface area contributed by atoms with Gasteiger partial charge in [0.05, 0.1) is 17.1 Å². The molecular formula is C17H21N3S. The average molecular weight is 299 g/mol. The lowest BCUT2D eigenvalue weighted by Crippen LogP contribution is -2.23. The van der Waals surface area contributed by atoms with Gasteiger partial charge in [0.15, 0.2) is 0 Å². The molecule has 4 heteroatoms. The Morgan fingerprint density at radius 1 is 1.14 bits per heavy atom. The molecule has 110 valence electrons. The van der Waals surface area contributed by atoms with E-state index in [0.29, 0.717) is 6.04 Å². The van der Waals surface area contributed by atoms with Crippen LogP contribution in [0.2, 0.25) is 0 Å². The van der Waals surface area contributed by atoms with E-state index in [2.05, 4.69) is 55.1 Å². The summed E-state index contributed by atoms with van der Waals surface area (Å²) < 4.78 is 0. The number of benzene rings is 1.